The van der Waals surface area contributed by atoms with Crippen molar-refractivity contribution in [3.63, 3.8) is 0 Å². The molecule has 0 aromatic heterocycles. The van der Waals surface area contributed by atoms with E-state index in [-0.39, 0.29) is 17.5 Å². The third kappa shape index (κ3) is 3.16. The van der Waals surface area contributed by atoms with Crippen LogP contribution in [0.15, 0.2) is 22.7 Å². The molecule has 1 fully saturated rings. The van der Waals surface area contributed by atoms with Crippen molar-refractivity contribution in [2.75, 3.05) is 6.54 Å². The van der Waals surface area contributed by atoms with E-state index in [0.29, 0.717) is 11.0 Å². The summed E-state index contributed by atoms with van der Waals surface area (Å²) in [5.74, 6) is -0.645. The number of benzene rings is 1. The lowest BCUT2D eigenvalue weighted by Crippen LogP contribution is -2.41. The molecule has 2 rings (SSSR count). The van der Waals surface area contributed by atoms with E-state index in [2.05, 4.69) is 15.9 Å². The second-order valence-electron chi connectivity index (χ2n) is 4.98. The standard InChI is InChI=1S/C15H19BrFNO/c1-2-18(11-7-4-3-5-8-11)15(19)14-12(16)9-6-10-13(14)17/h6,9-11H,2-5,7-8H2,1H3. The average Bonchev–Trinajstić information content (AvgIpc) is 2.40. The summed E-state index contributed by atoms with van der Waals surface area (Å²) in [5.41, 5.74) is 0.162. The molecule has 1 amide bonds. The lowest BCUT2D eigenvalue weighted by atomic mass is 9.93. The summed E-state index contributed by atoms with van der Waals surface area (Å²) in [6.45, 7) is 2.59. The number of hydrogen-bond acceptors (Lipinski definition) is 1. The molecule has 0 aliphatic heterocycles. The highest BCUT2D eigenvalue weighted by Crippen LogP contribution is 2.27. The topological polar surface area (TPSA) is 20.3 Å². The van der Waals surface area contributed by atoms with Crippen molar-refractivity contribution in [2.24, 2.45) is 0 Å². The fraction of sp³-hybridized carbons (Fsp3) is 0.533. The van der Waals surface area contributed by atoms with Gasteiger partial charge in [0.15, 0.2) is 0 Å². The summed E-state index contributed by atoms with van der Waals surface area (Å²) in [6.07, 6.45) is 5.63. The molecule has 0 atom stereocenters. The smallest absolute Gasteiger partial charge is 0.258 e. The number of rotatable bonds is 3. The Bertz CT molecular complexity index is 437. The molecule has 104 valence electrons. The van der Waals surface area contributed by atoms with E-state index in [9.17, 15) is 9.18 Å². The first-order valence-corrected chi connectivity index (χ1v) is 7.69. The molecule has 4 heteroatoms. The van der Waals surface area contributed by atoms with Crippen LogP contribution in [0.25, 0.3) is 0 Å². The molecule has 1 aliphatic carbocycles. The van der Waals surface area contributed by atoms with Crippen LogP contribution in [0.4, 0.5) is 4.39 Å². The van der Waals surface area contributed by atoms with Crippen LogP contribution in [-0.4, -0.2) is 23.4 Å². The molecule has 0 saturated heterocycles. The fourth-order valence-electron chi connectivity index (χ4n) is 2.81. The van der Waals surface area contributed by atoms with Crippen LogP contribution in [0.1, 0.15) is 49.4 Å². The number of carbonyl (C=O) groups excluding carboxylic acids is 1. The summed E-state index contributed by atoms with van der Waals surface area (Å²) in [7, 11) is 0. The predicted molar refractivity (Wildman–Crippen MR) is 77.7 cm³/mol. The van der Waals surface area contributed by atoms with Crippen molar-refractivity contribution in [3.05, 3.63) is 34.1 Å². The molecule has 19 heavy (non-hydrogen) atoms. The lowest BCUT2D eigenvalue weighted by Gasteiger charge is -2.34. The van der Waals surface area contributed by atoms with E-state index in [0.717, 1.165) is 25.7 Å². The molecule has 0 radical (unpaired) electrons. The Hall–Kier alpha value is -0.900. The van der Waals surface area contributed by atoms with Crippen molar-refractivity contribution >= 4 is 21.8 Å². The van der Waals surface area contributed by atoms with Crippen LogP contribution < -0.4 is 0 Å². The number of amides is 1. The molecular formula is C15H19BrFNO. The fourth-order valence-corrected chi connectivity index (χ4v) is 3.32. The number of nitrogens with zero attached hydrogens (tertiary/aromatic N) is 1. The summed E-state index contributed by atoms with van der Waals surface area (Å²) in [5, 5.41) is 0. The summed E-state index contributed by atoms with van der Waals surface area (Å²) in [6, 6.07) is 4.92. The van der Waals surface area contributed by atoms with Crippen molar-refractivity contribution < 1.29 is 9.18 Å². The third-order valence-electron chi connectivity index (χ3n) is 3.79. The van der Waals surface area contributed by atoms with Crippen LogP contribution in [-0.2, 0) is 0 Å². The SMILES string of the molecule is CCN(C(=O)c1c(F)cccc1Br)C1CCCCC1. The zero-order chi connectivity index (χ0) is 13.8. The monoisotopic (exact) mass is 327 g/mol. The Morgan fingerprint density at radius 2 is 2.05 bits per heavy atom. The Balaban J connectivity index is 2.25. The van der Waals surface area contributed by atoms with Crippen LogP contribution in [0.2, 0.25) is 0 Å². The van der Waals surface area contributed by atoms with Gasteiger partial charge in [-0.25, -0.2) is 4.39 Å². The van der Waals surface area contributed by atoms with Crippen LogP contribution in [0, 0.1) is 5.82 Å². The van der Waals surface area contributed by atoms with Gasteiger partial charge in [0.1, 0.15) is 5.82 Å². The minimum absolute atomic E-state index is 0.162. The molecule has 0 spiro atoms. The summed E-state index contributed by atoms with van der Waals surface area (Å²) in [4.78, 5) is 14.4. The van der Waals surface area contributed by atoms with Crippen molar-refractivity contribution in [1.29, 1.82) is 0 Å². The number of halogens is 2. The molecule has 1 aliphatic rings. The summed E-state index contributed by atoms with van der Waals surface area (Å²) >= 11 is 3.28. The van der Waals surface area contributed by atoms with E-state index >= 15 is 0 Å². The van der Waals surface area contributed by atoms with Crippen molar-refractivity contribution in [3.8, 4) is 0 Å². The molecule has 0 unspecified atom stereocenters. The first-order chi connectivity index (χ1) is 9.15. The minimum atomic E-state index is -0.450. The van der Waals surface area contributed by atoms with E-state index in [1.54, 1.807) is 12.1 Å². The van der Waals surface area contributed by atoms with Gasteiger partial charge in [-0.15, -0.1) is 0 Å². The molecule has 0 heterocycles. The normalized spacial score (nSPS) is 16.4. The van der Waals surface area contributed by atoms with Gasteiger partial charge in [-0.05, 0) is 47.8 Å². The summed E-state index contributed by atoms with van der Waals surface area (Å²) < 4.78 is 14.4. The second kappa shape index (κ2) is 6.51. The first kappa shape index (κ1) is 14.5. The van der Waals surface area contributed by atoms with Gasteiger partial charge in [-0.1, -0.05) is 25.3 Å². The Labute approximate surface area is 122 Å². The quantitative estimate of drug-likeness (QED) is 0.806. The van der Waals surface area contributed by atoms with Gasteiger partial charge in [0.2, 0.25) is 0 Å². The van der Waals surface area contributed by atoms with Gasteiger partial charge >= 0.3 is 0 Å². The zero-order valence-electron chi connectivity index (χ0n) is 11.2. The van der Waals surface area contributed by atoms with Crippen LogP contribution >= 0.6 is 15.9 Å². The maximum atomic E-state index is 13.9. The van der Waals surface area contributed by atoms with Gasteiger partial charge in [0.25, 0.3) is 5.91 Å². The Morgan fingerprint density at radius 1 is 1.37 bits per heavy atom. The molecule has 1 aromatic rings. The zero-order valence-corrected chi connectivity index (χ0v) is 12.7. The molecule has 0 N–H and O–H groups in total. The van der Waals surface area contributed by atoms with Crippen molar-refractivity contribution in [1.82, 2.24) is 4.90 Å². The molecular weight excluding hydrogens is 309 g/mol. The molecule has 0 bridgehead atoms. The molecule has 1 saturated carbocycles. The van der Waals surface area contributed by atoms with Gasteiger partial charge < -0.3 is 4.90 Å². The van der Waals surface area contributed by atoms with E-state index in [4.69, 9.17) is 0 Å². The highest BCUT2D eigenvalue weighted by molar-refractivity contribution is 9.10. The molecule has 1 aromatic carbocycles. The van der Waals surface area contributed by atoms with E-state index in [1.807, 2.05) is 11.8 Å². The molecule has 2 nitrogen and oxygen atoms in total. The second-order valence-corrected chi connectivity index (χ2v) is 5.83. The van der Waals surface area contributed by atoms with E-state index < -0.39 is 5.82 Å². The van der Waals surface area contributed by atoms with Crippen LogP contribution in [0.5, 0.6) is 0 Å². The highest BCUT2D eigenvalue weighted by atomic mass is 79.9. The van der Waals surface area contributed by atoms with Gasteiger partial charge in [0.05, 0.1) is 5.56 Å². The van der Waals surface area contributed by atoms with Crippen LogP contribution in [0.3, 0.4) is 0 Å². The third-order valence-corrected chi connectivity index (χ3v) is 4.45. The van der Waals surface area contributed by atoms with Gasteiger partial charge in [0, 0.05) is 17.1 Å². The highest BCUT2D eigenvalue weighted by Gasteiger charge is 2.27. The Kier molecular flexibility index (Phi) is 4.97. The van der Waals surface area contributed by atoms with Crippen molar-refractivity contribution in [2.45, 2.75) is 45.1 Å². The number of carbonyl (C=O) groups is 1. The number of hydrogen-bond donors (Lipinski definition) is 0. The van der Waals surface area contributed by atoms with E-state index in [1.165, 1.54) is 12.5 Å². The maximum absolute atomic E-state index is 13.9. The van der Waals surface area contributed by atoms with Gasteiger partial charge in [-0.2, -0.15) is 0 Å². The minimum Gasteiger partial charge on any atom is -0.336 e. The van der Waals surface area contributed by atoms with Gasteiger partial charge in [-0.3, -0.25) is 4.79 Å². The Morgan fingerprint density at radius 3 is 2.63 bits per heavy atom. The lowest BCUT2D eigenvalue weighted by molar-refractivity contribution is 0.0642. The largest absolute Gasteiger partial charge is 0.336 e. The average molecular weight is 328 g/mol. The first-order valence-electron chi connectivity index (χ1n) is 6.90. The predicted octanol–water partition coefficient (Wildman–Crippen LogP) is 4.38. The maximum Gasteiger partial charge on any atom is 0.258 e.